The highest BCUT2D eigenvalue weighted by molar-refractivity contribution is 5.85. The Hall–Kier alpha value is -2.36. The Balaban J connectivity index is 2.68. The predicted molar refractivity (Wildman–Crippen MR) is 65.8 cm³/mol. The third-order valence-corrected chi connectivity index (χ3v) is 2.74. The lowest BCUT2D eigenvalue weighted by atomic mass is 10.2. The van der Waals surface area contributed by atoms with Crippen molar-refractivity contribution in [3.8, 4) is 5.69 Å². The number of hydrogen-bond donors (Lipinski definition) is 0. The predicted octanol–water partition coefficient (Wildman–Crippen LogP) is 0.818. The van der Waals surface area contributed by atoms with Crippen LogP contribution >= 0.6 is 0 Å². The molecule has 0 aliphatic carbocycles. The first-order valence-electron chi connectivity index (χ1n) is 5.51. The van der Waals surface area contributed by atoms with Crippen LogP contribution in [0.2, 0.25) is 0 Å². The minimum absolute atomic E-state index is 0.331. The number of carboxylic acid groups (broad SMARTS) is 1. The Morgan fingerprint density at radius 1 is 1.22 bits per heavy atom. The summed E-state index contributed by atoms with van der Waals surface area (Å²) in [7, 11) is 0. The van der Waals surface area contributed by atoms with Crippen molar-refractivity contribution in [2.45, 2.75) is 13.8 Å². The lowest BCUT2D eigenvalue weighted by Crippen LogP contribution is -2.30. The fourth-order valence-electron chi connectivity index (χ4n) is 1.84. The number of nitrogens with zero attached hydrogens (tertiary/aromatic N) is 1. The monoisotopic (exact) mass is 242 g/mol. The molecule has 0 saturated heterocycles. The van der Waals surface area contributed by atoms with Gasteiger partial charge in [-0.25, -0.2) is 0 Å². The van der Waals surface area contributed by atoms with Gasteiger partial charge in [-0.05, 0) is 31.5 Å². The van der Waals surface area contributed by atoms with E-state index in [4.69, 9.17) is 0 Å². The molecule has 4 nitrogen and oxygen atoms in total. The molecule has 0 unspecified atom stereocenters. The second-order valence-electron chi connectivity index (χ2n) is 4.19. The normalized spacial score (nSPS) is 10.3. The van der Waals surface area contributed by atoms with Crippen molar-refractivity contribution in [3.63, 3.8) is 0 Å². The Morgan fingerprint density at radius 2 is 1.94 bits per heavy atom. The molecule has 1 aromatic heterocycles. The van der Waals surface area contributed by atoms with Crippen molar-refractivity contribution < 1.29 is 9.90 Å². The molecule has 18 heavy (non-hydrogen) atoms. The van der Waals surface area contributed by atoms with Crippen molar-refractivity contribution in [2.75, 3.05) is 0 Å². The lowest BCUT2D eigenvalue weighted by Gasteiger charge is -2.13. The van der Waals surface area contributed by atoms with Gasteiger partial charge in [0.25, 0.3) is 0 Å². The van der Waals surface area contributed by atoms with Gasteiger partial charge in [0.2, 0.25) is 0 Å². The zero-order valence-electron chi connectivity index (χ0n) is 10.1. The van der Waals surface area contributed by atoms with E-state index in [1.54, 1.807) is 11.5 Å². The summed E-state index contributed by atoms with van der Waals surface area (Å²) < 4.78 is 1.67. The summed E-state index contributed by atoms with van der Waals surface area (Å²) in [4.78, 5) is 22.4. The molecule has 0 atom stereocenters. The van der Waals surface area contributed by atoms with Crippen molar-refractivity contribution in [2.24, 2.45) is 0 Å². The topological polar surface area (TPSA) is 62.1 Å². The van der Waals surface area contributed by atoms with Gasteiger partial charge in [0.1, 0.15) is 0 Å². The van der Waals surface area contributed by atoms with E-state index in [1.165, 1.54) is 12.3 Å². The molecule has 1 heterocycles. The number of aromatic carboxylic acids is 1. The van der Waals surface area contributed by atoms with Crippen molar-refractivity contribution in [1.82, 2.24) is 4.57 Å². The lowest BCUT2D eigenvalue weighted by molar-refractivity contribution is -0.255. The van der Waals surface area contributed by atoms with E-state index in [0.717, 1.165) is 11.3 Å². The van der Waals surface area contributed by atoms with E-state index in [1.807, 2.05) is 31.2 Å². The molecule has 0 N–H and O–H groups in total. The number of carbonyl (C=O) groups excluding carboxylic acids is 1. The number of pyridine rings is 1. The summed E-state index contributed by atoms with van der Waals surface area (Å²) in [6.45, 7) is 3.70. The van der Waals surface area contributed by atoms with Crippen LogP contribution in [0, 0.1) is 13.8 Å². The average molecular weight is 242 g/mol. The average Bonchev–Trinajstić information content (AvgIpc) is 2.28. The number of hydrogen-bond acceptors (Lipinski definition) is 3. The minimum Gasteiger partial charge on any atom is -0.545 e. The number of aryl methyl sites for hydroxylation is 2. The van der Waals surface area contributed by atoms with Crippen LogP contribution in [-0.2, 0) is 0 Å². The van der Waals surface area contributed by atoms with Crippen LogP contribution in [0.4, 0.5) is 0 Å². The maximum absolute atomic E-state index is 11.5. The van der Waals surface area contributed by atoms with Crippen LogP contribution < -0.4 is 10.5 Å². The maximum Gasteiger partial charge on any atom is 0.190 e. The second kappa shape index (κ2) is 4.49. The molecule has 2 rings (SSSR count). The van der Waals surface area contributed by atoms with Gasteiger partial charge in [0.05, 0.1) is 11.5 Å². The zero-order valence-corrected chi connectivity index (χ0v) is 10.1. The number of benzene rings is 1. The fraction of sp³-hybridized carbons (Fsp3) is 0.143. The minimum atomic E-state index is -1.46. The Kier molecular flexibility index (Phi) is 3.02. The first-order chi connectivity index (χ1) is 8.49. The first kappa shape index (κ1) is 12.1. The summed E-state index contributed by atoms with van der Waals surface area (Å²) in [5, 5.41) is 10.9. The van der Waals surface area contributed by atoms with Gasteiger partial charge < -0.3 is 14.5 Å². The fourth-order valence-corrected chi connectivity index (χ4v) is 1.84. The summed E-state index contributed by atoms with van der Waals surface area (Å²) in [6, 6.07) is 8.88. The van der Waals surface area contributed by atoms with E-state index in [-0.39, 0.29) is 5.56 Å². The highest BCUT2D eigenvalue weighted by Gasteiger charge is 2.06. The van der Waals surface area contributed by atoms with Crippen LogP contribution in [0.25, 0.3) is 5.69 Å². The third-order valence-electron chi connectivity index (χ3n) is 2.74. The van der Waals surface area contributed by atoms with E-state index < -0.39 is 11.4 Å². The van der Waals surface area contributed by atoms with Crippen molar-refractivity contribution in [3.05, 3.63) is 63.6 Å². The summed E-state index contributed by atoms with van der Waals surface area (Å²) in [5.74, 6) is -1.46. The van der Waals surface area contributed by atoms with Gasteiger partial charge >= 0.3 is 0 Å². The van der Waals surface area contributed by atoms with Crippen molar-refractivity contribution >= 4 is 5.97 Å². The zero-order chi connectivity index (χ0) is 13.3. The van der Waals surface area contributed by atoms with E-state index >= 15 is 0 Å². The number of rotatable bonds is 2. The van der Waals surface area contributed by atoms with Crippen LogP contribution in [0.15, 0.2) is 41.3 Å². The van der Waals surface area contributed by atoms with Gasteiger partial charge in [-0.1, -0.05) is 12.1 Å². The van der Waals surface area contributed by atoms with Gasteiger partial charge in [-0.2, -0.15) is 0 Å². The largest absolute Gasteiger partial charge is 0.545 e. The SMILES string of the molecule is Cc1cccc(-n2cc(C(=O)[O-])c(=O)cc2C)c1. The summed E-state index contributed by atoms with van der Waals surface area (Å²) in [5.41, 5.74) is 1.68. The Morgan fingerprint density at radius 3 is 2.56 bits per heavy atom. The van der Waals surface area contributed by atoms with Gasteiger partial charge in [0.15, 0.2) is 5.43 Å². The van der Waals surface area contributed by atoms with Crippen molar-refractivity contribution in [1.29, 1.82) is 0 Å². The molecule has 0 bridgehead atoms. The first-order valence-corrected chi connectivity index (χ1v) is 5.51. The maximum atomic E-state index is 11.5. The second-order valence-corrected chi connectivity index (χ2v) is 4.19. The van der Waals surface area contributed by atoms with Crippen LogP contribution in [0.5, 0.6) is 0 Å². The quantitative estimate of drug-likeness (QED) is 0.783. The van der Waals surface area contributed by atoms with E-state index in [9.17, 15) is 14.7 Å². The Bertz CT molecular complexity index is 671. The van der Waals surface area contributed by atoms with Crippen LogP contribution in [-0.4, -0.2) is 10.5 Å². The Labute approximate surface area is 104 Å². The molecule has 0 saturated carbocycles. The van der Waals surface area contributed by atoms with Crippen LogP contribution in [0.1, 0.15) is 21.6 Å². The third kappa shape index (κ3) is 2.18. The molecule has 92 valence electrons. The summed E-state index contributed by atoms with van der Waals surface area (Å²) in [6.07, 6.45) is 1.31. The van der Waals surface area contributed by atoms with Crippen LogP contribution in [0.3, 0.4) is 0 Å². The number of carbonyl (C=O) groups is 1. The molecule has 0 amide bonds. The highest BCUT2D eigenvalue weighted by atomic mass is 16.4. The van der Waals surface area contributed by atoms with Gasteiger partial charge in [-0.3, -0.25) is 4.79 Å². The smallest absolute Gasteiger partial charge is 0.190 e. The molecule has 1 aromatic carbocycles. The molecule has 2 aromatic rings. The molecule has 0 spiro atoms. The molecular formula is C14H12NO3-. The molecule has 4 heteroatoms. The van der Waals surface area contributed by atoms with E-state index in [0.29, 0.717) is 5.69 Å². The molecule has 0 fully saturated rings. The number of aromatic nitrogens is 1. The molecule has 0 aliphatic rings. The molecular weight excluding hydrogens is 230 g/mol. The van der Waals surface area contributed by atoms with E-state index in [2.05, 4.69) is 0 Å². The summed E-state index contributed by atoms with van der Waals surface area (Å²) >= 11 is 0. The number of carboxylic acids is 1. The molecule has 0 radical (unpaired) electrons. The van der Waals surface area contributed by atoms with Gasteiger partial charge in [-0.15, -0.1) is 0 Å². The standard InChI is InChI=1S/C14H13NO3/c1-9-4-3-5-11(6-9)15-8-12(14(17)18)13(16)7-10(15)2/h3-8H,1-2H3,(H,17,18)/p-1. The highest BCUT2D eigenvalue weighted by Crippen LogP contribution is 2.12. The van der Waals surface area contributed by atoms with Gasteiger partial charge in [0, 0.05) is 23.6 Å². The molecule has 0 aliphatic heterocycles.